The molecule has 9 heteroatoms. The minimum Gasteiger partial charge on any atom is -0.340 e. The Labute approximate surface area is 108 Å². The number of urea groups is 1. The van der Waals surface area contributed by atoms with Crippen LogP contribution >= 0.6 is 0 Å². The number of nitrogens with zero attached hydrogens (tertiary/aromatic N) is 1. The third-order valence-corrected chi connectivity index (χ3v) is 4.13. The first-order valence-electron chi connectivity index (χ1n) is 4.99. The largest absolute Gasteiger partial charge is 0.417 e. The van der Waals surface area contributed by atoms with Gasteiger partial charge in [-0.1, -0.05) is 12.1 Å². The topological polar surface area (TPSA) is 66.5 Å². The molecule has 2 amide bonds. The molecule has 1 aromatic carbocycles. The lowest BCUT2D eigenvalue weighted by molar-refractivity contribution is -0.139. The molecule has 0 unspecified atom stereocenters. The van der Waals surface area contributed by atoms with Gasteiger partial charge in [0.2, 0.25) is 0 Å². The maximum absolute atomic E-state index is 12.7. The third-order valence-electron chi connectivity index (χ3n) is 2.33. The highest BCUT2D eigenvalue weighted by molar-refractivity contribution is 7.89. The van der Waals surface area contributed by atoms with Gasteiger partial charge in [-0.3, -0.25) is 0 Å². The number of hydrogen-bond acceptors (Lipinski definition) is 3. The SMILES string of the molecule is CNC(=O)N(C)S(=O)(=O)c1ccccc1C(F)(F)F. The molecule has 0 saturated carbocycles. The normalized spacial score (nSPS) is 12.1. The first-order valence-corrected chi connectivity index (χ1v) is 6.43. The van der Waals surface area contributed by atoms with Crippen LogP contribution in [-0.4, -0.2) is 32.8 Å². The van der Waals surface area contributed by atoms with Crippen molar-refractivity contribution in [2.45, 2.75) is 11.1 Å². The summed E-state index contributed by atoms with van der Waals surface area (Å²) >= 11 is 0. The third kappa shape index (κ3) is 2.98. The summed E-state index contributed by atoms with van der Waals surface area (Å²) < 4.78 is 62.4. The number of amides is 2. The van der Waals surface area contributed by atoms with E-state index in [1.165, 1.54) is 7.05 Å². The van der Waals surface area contributed by atoms with E-state index >= 15 is 0 Å². The average molecular weight is 296 g/mol. The van der Waals surface area contributed by atoms with Crippen LogP contribution in [0.15, 0.2) is 29.2 Å². The number of alkyl halides is 3. The molecule has 19 heavy (non-hydrogen) atoms. The molecule has 0 aliphatic rings. The molecule has 0 spiro atoms. The minimum absolute atomic E-state index is 0.220. The molecule has 0 aliphatic heterocycles. The van der Waals surface area contributed by atoms with Crippen molar-refractivity contribution in [1.82, 2.24) is 9.62 Å². The maximum Gasteiger partial charge on any atom is 0.417 e. The molecule has 106 valence electrons. The van der Waals surface area contributed by atoms with Crippen molar-refractivity contribution >= 4 is 16.1 Å². The molecule has 0 atom stereocenters. The number of carbonyl (C=O) groups excluding carboxylic acids is 1. The van der Waals surface area contributed by atoms with E-state index in [0.717, 1.165) is 25.2 Å². The molecule has 1 rings (SSSR count). The van der Waals surface area contributed by atoms with Gasteiger partial charge in [-0.05, 0) is 12.1 Å². The number of sulfonamides is 1. The zero-order valence-electron chi connectivity index (χ0n) is 10.0. The minimum atomic E-state index is -4.83. The van der Waals surface area contributed by atoms with Crippen LogP contribution in [0, 0.1) is 0 Å². The summed E-state index contributed by atoms with van der Waals surface area (Å²) in [5.41, 5.74) is -1.31. The second-order valence-electron chi connectivity index (χ2n) is 3.52. The van der Waals surface area contributed by atoms with Crippen molar-refractivity contribution in [3.8, 4) is 0 Å². The molecule has 0 fully saturated rings. The van der Waals surface area contributed by atoms with Gasteiger partial charge in [-0.2, -0.15) is 13.2 Å². The first-order chi connectivity index (χ1) is 8.62. The highest BCUT2D eigenvalue weighted by Crippen LogP contribution is 2.34. The monoisotopic (exact) mass is 296 g/mol. The summed E-state index contributed by atoms with van der Waals surface area (Å²) in [6.45, 7) is 0. The lowest BCUT2D eigenvalue weighted by Gasteiger charge is -2.19. The van der Waals surface area contributed by atoms with Gasteiger partial charge in [-0.25, -0.2) is 17.5 Å². The summed E-state index contributed by atoms with van der Waals surface area (Å²) in [6, 6.07) is 2.64. The van der Waals surface area contributed by atoms with Crippen LogP contribution in [0.4, 0.5) is 18.0 Å². The van der Waals surface area contributed by atoms with E-state index in [9.17, 15) is 26.4 Å². The van der Waals surface area contributed by atoms with Gasteiger partial charge in [0.15, 0.2) is 0 Å². The van der Waals surface area contributed by atoms with Crippen molar-refractivity contribution in [1.29, 1.82) is 0 Å². The molecule has 5 nitrogen and oxygen atoms in total. The van der Waals surface area contributed by atoms with Gasteiger partial charge >= 0.3 is 12.2 Å². The fourth-order valence-corrected chi connectivity index (χ4v) is 2.66. The van der Waals surface area contributed by atoms with Crippen LogP contribution < -0.4 is 5.32 Å². The smallest absolute Gasteiger partial charge is 0.340 e. The number of halogens is 3. The Hall–Kier alpha value is -1.77. The fraction of sp³-hybridized carbons (Fsp3) is 0.300. The van der Waals surface area contributed by atoms with Crippen LogP contribution in [0.5, 0.6) is 0 Å². The Kier molecular flexibility index (Phi) is 4.09. The Bertz CT molecular complexity index is 584. The molecular formula is C10H11F3N2O3S. The fourth-order valence-electron chi connectivity index (χ4n) is 1.34. The number of nitrogens with one attached hydrogen (secondary N) is 1. The second kappa shape index (κ2) is 5.08. The summed E-state index contributed by atoms with van der Waals surface area (Å²) in [6.07, 6.45) is -4.83. The zero-order chi connectivity index (χ0) is 14.8. The Morgan fingerprint density at radius 2 is 1.79 bits per heavy atom. The van der Waals surface area contributed by atoms with E-state index in [1.54, 1.807) is 0 Å². The van der Waals surface area contributed by atoms with Gasteiger partial charge in [0.1, 0.15) is 0 Å². The van der Waals surface area contributed by atoms with Crippen molar-refractivity contribution in [3.63, 3.8) is 0 Å². The quantitative estimate of drug-likeness (QED) is 0.902. The van der Waals surface area contributed by atoms with Gasteiger partial charge in [0.25, 0.3) is 10.0 Å². The van der Waals surface area contributed by atoms with Gasteiger partial charge in [0, 0.05) is 14.1 Å². The Morgan fingerprint density at radius 1 is 1.26 bits per heavy atom. The summed E-state index contributed by atoms with van der Waals surface area (Å²) in [7, 11) is -2.52. The average Bonchev–Trinajstić information content (AvgIpc) is 2.35. The van der Waals surface area contributed by atoms with Gasteiger partial charge in [-0.15, -0.1) is 0 Å². The Morgan fingerprint density at radius 3 is 2.26 bits per heavy atom. The van der Waals surface area contributed by atoms with E-state index < -0.39 is 32.7 Å². The summed E-state index contributed by atoms with van der Waals surface area (Å²) in [5, 5.41) is 2.03. The molecule has 0 aromatic heterocycles. The van der Waals surface area contributed by atoms with Gasteiger partial charge in [0.05, 0.1) is 10.5 Å². The summed E-state index contributed by atoms with van der Waals surface area (Å²) in [5.74, 6) is 0. The molecular weight excluding hydrogens is 285 g/mol. The second-order valence-corrected chi connectivity index (χ2v) is 5.46. The molecule has 1 N–H and O–H groups in total. The maximum atomic E-state index is 12.7. The van der Waals surface area contributed by atoms with E-state index in [1.807, 2.05) is 5.32 Å². The molecule has 0 bridgehead atoms. The van der Waals surface area contributed by atoms with Crippen molar-refractivity contribution in [2.24, 2.45) is 0 Å². The number of benzene rings is 1. The number of rotatable bonds is 2. The highest BCUT2D eigenvalue weighted by atomic mass is 32.2. The number of carbonyl (C=O) groups is 1. The van der Waals surface area contributed by atoms with Gasteiger partial charge < -0.3 is 5.32 Å². The lowest BCUT2D eigenvalue weighted by Crippen LogP contribution is -2.39. The molecule has 0 radical (unpaired) electrons. The standard InChI is InChI=1S/C10H11F3N2O3S/c1-14-9(16)15(2)19(17,18)8-6-4-3-5-7(8)10(11,12)13/h3-6H,1-2H3,(H,14,16). The predicted octanol–water partition coefficient (Wildman–Crippen LogP) is 1.67. The molecule has 1 aromatic rings. The molecule has 0 heterocycles. The molecule has 0 saturated heterocycles. The first kappa shape index (κ1) is 15.3. The van der Waals surface area contributed by atoms with Crippen LogP contribution in [0.1, 0.15) is 5.56 Å². The zero-order valence-corrected chi connectivity index (χ0v) is 10.8. The highest BCUT2D eigenvalue weighted by Gasteiger charge is 2.38. The molecule has 0 aliphatic carbocycles. The van der Waals surface area contributed by atoms with Crippen LogP contribution in [0.3, 0.4) is 0 Å². The van der Waals surface area contributed by atoms with E-state index in [0.29, 0.717) is 6.07 Å². The van der Waals surface area contributed by atoms with E-state index in [2.05, 4.69) is 0 Å². The van der Waals surface area contributed by atoms with E-state index in [-0.39, 0.29) is 4.31 Å². The number of hydrogen-bond donors (Lipinski definition) is 1. The van der Waals surface area contributed by atoms with Crippen LogP contribution in [0.2, 0.25) is 0 Å². The van der Waals surface area contributed by atoms with Crippen molar-refractivity contribution in [3.05, 3.63) is 29.8 Å². The Balaban J connectivity index is 3.43. The van der Waals surface area contributed by atoms with Crippen molar-refractivity contribution in [2.75, 3.05) is 14.1 Å². The van der Waals surface area contributed by atoms with Crippen LogP contribution in [0.25, 0.3) is 0 Å². The summed E-state index contributed by atoms with van der Waals surface area (Å²) in [4.78, 5) is 10.3. The van der Waals surface area contributed by atoms with Crippen LogP contribution in [-0.2, 0) is 16.2 Å². The lowest BCUT2D eigenvalue weighted by atomic mass is 10.2. The van der Waals surface area contributed by atoms with E-state index in [4.69, 9.17) is 0 Å². The van der Waals surface area contributed by atoms with Crippen molar-refractivity contribution < 1.29 is 26.4 Å². The predicted molar refractivity (Wildman–Crippen MR) is 60.8 cm³/mol.